The first-order valence-corrected chi connectivity index (χ1v) is 9.44. The first-order valence-electron chi connectivity index (χ1n) is 7.94. The molecule has 0 saturated carbocycles. The molecule has 6 nitrogen and oxygen atoms in total. The first-order chi connectivity index (χ1) is 11.5. The smallest absolute Gasteiger partial charge is 0.236 e. The summed E-state index contributed by atoms with van der Waals surface area (Å²) in [5.74, 6) is 0. The van der Waals surface area contributed by atoms with Crippen LogP contribution in [0.3, 0.4) is 0 Å². The zero-order chi connectivity index (χ0) is 17.2. The molecule has 24 heavy (non-hydrogen) atoms. The summed E-state index contributed by atoms with van der Waals surface area (Å²) in [5, 5.41) is 15.3. The lowest BCUT2D eigenvalue weighted by molar-refractivity contribution is 0.193. The van der Waals surface area contributed by atoms with Gasteiger partial charge in [0.25, 0.3) is 0 Å². The van der Waals surface area contributed by atoms with Crippen LogP contribution in [0.1, 0.15) is 36.4 Å². The van der Waals surface area contributed by atoms with Crippen LogP contribution in [-0.4, -0.2) is 34.2 Å². The van der Waals surface area contributed by atoms with E-state index in [2.05, 4.69) is 5.10 Å². The first kappa shape index (κ1) is 16.9. The number of hydrogen-bond donors (Lipinski definition) is 1. The van der Waals surface area contributed by atoms with Crippen molar-refractivity contribution in [1.29, 1.82) is 0 Å². The highest BCUT2D eigenvalue weighted by Crippen LogP contribution is 2.20. The maximum Gasteiger partial charge on any atom is 0.236 e. The highest BCUT2D eigenvalue weighted by molar-refractivity contribution is 7.92. The maximum atomic E-state index is 12.6. The standard InChI is InChI=1S/C17H21N3O3S/c1-14(21)17-12-16-13-19(9-5-10-20(16)18-17)24(22,23)11-8-15-6-3-2-4-7-15/h2-4,6-8,11-12,14,21H,5,9-10,13H2,1H3. The molecule has 0 radical (unpaired) electrons. The van der Waals surface area contributed by atoms with Gasteiger partial charge >= 0.3 is 0 Å². The second-order valence-corrected chi connectivity index (χ2v) is 7.72. The molecule has 2 heterocycles. The molecule has 1 aromatic heterocycles. The Bertz CT molecular complexity index is 826. The largest absolute Gasteiger partial charge is 0.387 e. The van der Waals surface area contributed by atoms with Crippen molar-refractivity contribution in [3.05, 3.63) is 58.8 Å². The van der Waals surface area contributed by atoms with Crippen LogP contribution in [0.25, 0.3) is 6.08 Å². The van der Waals surface area contributed by atoms with Crippen molar-refractivity contribution < 1.29 is 13.5 Å². The molecule has 0 aliphatic carbocycles. The van der Waals surface area contributed by atoms with E-state index < -0.39 is 16.1 Å². The summed E-state index contributed by atoms with van der Waals surface area (Å²) in [6.45, 7) is 3.02. The minimum atomic E-state index is -3.51. The molecule has 1 atom stereocenters. The number of rotatable bonds is 4. The Hall–Kier alpha value is -1.96. The number of hydrogen-bond acceptors (Lipinski definition) is 4. The number of aliphatic hydroxyl groups is 1. The molecule has 0 saturated heterocycles. The third-order valence-corrected chi connectivity index (χ3v) is 5.53. The molecule has 0 fully saturated rings. The highest BCUT2D eigenvalue weighted by Gasteiger charge is 2.25. The van der Waals surface area contributed by atoms with Gasteiger partial charge in [-0.3, -0.25) is 4.68 Å². The second-order valence-electron chi connectivity index (χ2n) is 5.91. The third-order valence-electron chi connectivity index (χ3n) is 4.02. The Labute approximate surface area is 142 Å². The molecule has 1 unspecified atom stereocenters. The summed E-state index contributed by atoms with van der Waals surface area (Å²) in [6.07, 6.45) is 1.64. The average Bonchev–Trinajstić information content (AvgIpc) is 2.86. The fraction of sp³-hybridized carbons (Fsp3) is 0.353. The van der Waals surface area contributed by atoms with Gasteiger partial charge in [-0.05, 0) is 31.1 Å². The molecule has 1 aliphatic rings. The Morgan fingerprint density at radius 3 is 2.71 bits per heavy atom. The fourth-order valence-corrected chi connectivity index (χ4v) is 3.89. The van der Waals surface area contributed by atoms with Gasteiger partial charge in [0, 0.05) is 18.5 Å². The summed E-state index contributed by atoms with van der Waals surface area (Å²) < 4.78 is 28.5. The number of aliphatic hydroxyl groups excluding tert-OH is 1. The van der Waals surface area contributed by atoms with Gasteiger partial charge in [-0.1, -0.05) is 30.3 Å². The minimum Gasteiger partial charge on any atom is -0.387 e. The van der Waals surface area contributed by atoms with Crippen molar-refractivity contribution >= 4 is 16.1 Å². The molecule has 2 aromatic rings. The van der Waals surface area contributed by atoms with Crippen LogP contribution in [0.4, 0.5) is 0 Å². The van der Waals surface area contributed by atoms with E-state index in [1.165, 1.54) is 9.71 Å². The van der Waals surface area contributed by atoms with E-state index in [1.54, 1.807) is 23.7 Å². The molecule has 1 N–H and O–H groups in total. The van der Waals surface area contributed by atoms with Gasteiger partial charge in [0.05, 0.1) is 24.0 Å². The number of nitrogens with zero attached hydrogens (tertiary/aromatic N) is 3. The molecule has 128 valence electrons. The van der Waals surface area contributed by atoms with Gasteiger partial charge in [0.15, 0.2) is 0 Å². The number of sulfonamides is 1. The van der Waals surface area contributed by atoms with Gasteiger partial charge in [-0.25, -0.2) is 8.42 Å². The Balaban J connectivity index is 1.81. The number of aromatic nitrogens is 2. The average molecular weight is 347 g/mol. The van der Waals surface area contributed by atoms with E-state index in [0.717, 1.165) is 11.3 Å². The molecule has 1 aliphatic heterocycles. The predicted octanol–water partition coefficient (Wildman–Crippen LogP) is 2.14. The van der Waals surface area contributed by atoms with Gasteiger partial charge in [0.2, 0.25) is 10.0 Å². The van der Waals surface area contributed by atoms with Crippen molar-refractivity contribution in [2.75, 3.05) is 6.54 Å². The van der Waals surface area contributed by atoms with Crippen molar-refractivity contribution in [2.45, 2.75) is 32.5 Å². The SMILES string of the molecule is CC(O)c1cc2n(n1)CCCN(S(=O)(=O)C=Cc1ccccc1)C2. The van der Waals surface area contributed by atoms with Crippen molar-refractivity contribution in [1.82, 2.24) is 14.1 Å². The van der Waals surface area contributed by atoms with Crippen LogP contribution in [0, 0.1) is 0 Å². The van der Waals surface area contributed by atoms with Gasteiger partial charge in [-0.2, -0.15) is 9.40 Å². The van der Waals surface area contributed by atoms with E-state index in [1.807, 2.05) is 30.3 Å². The van der Waals surface area contributed by atoms with Crippen LogP contribution in [0.15, 0.2) is 41.8 Å². The van der Waals surface area contributed by atoms with E-state index in [4.69, 9.17) is 0 Å². The predicted molar refractivity (Wildman–Crippen MR) is 92.3 cm³/mol. The molecule has 0 bridgehead atoms. The van der Waals surface area contributed by atoms with E-state index in [-0.39, 0.29) is 6.54 Å². The molecule has 1 aromatic carbocycles. The normalized spacial score (nSPS) is 17.6. The lowest BCUT2D eigenvalue weighted by atomic mass is 10.2. The monoisotopic (exact) mass is 347 g/mol. The molecular weight excluding hydrogens is 326 g/mol. The molecule has 7 heteroatoms. The van der Waals surface area contributed by atoms with Crippen molar-refractivity contribution in [2.24, 2.45) is 0 Å². The van der Waals surface area contributed by atoms with E-state index in [0.29, 0.717) is 25.2 Å². The number of aryl methyl sites for hydroxylation is 1. The van der Waals surface area contributed by atoms with Crippen molar-refractivity contribution in [3.63, 3.8) is 0 Å². The van der Waals surface area contributed by atoms with E-state index in [9.17, 15) is 13.5 Å². The zero-order valence-corrected chi connectivity index (χ0v) is 14.4. The van der Waals surface area contributed by atoms with Crippen LogP contribution >= 0.6 is 0 Å². The summed E-state index contributed by atoms with van der Waals surface area (Å²) in [6, 6.07) is 11.1. The second kappa shape index (κ2) is 6.88. The molecule has 0 spiro atoms. The quantitative estimate of drug-likeness (QED) is 0.919. The van der Waals surface area contributed by atoms with Gasteiger partial charge in [0.1, 0.15) is 0 Å². The maximum absolute atomic E-state index is 12.6. The Morgan fingerprint density at radius 2 is 2.00 bits per heavy atom. The molecule has 3 rings (SSSR count). The molecular formula is C17H21N3O3S. The van der Waals surface area contributed by atoms with Crippen LogP contribution < -0.4 is 0 Å². The number of benzene rings is 1. The summed E-state index contributed by atoms with van der Waals surface area (Å²) in [5.41, 5.74) is 2.22. The van der Waals surface area contributed by atoms with Crippen LogP contribution in [-0.2, 0) is 23.1 Å². The summed E-state index contributed by atoms with van der Waals surface area (Å²) in [4.78, 5) is 0. The van der Waals surface area contributed by atoms with Crippen molar-refractivity contribution in [3.8, 4) is 0 Å². The number of fused-ring (bicyclic) bond motifs is 1. The van der Waals surface area contributed by atoms with Crippen LogP contribution in [0.2, 0.25) is 0 Å². The van der Waals surface area contributed by atoms with Gasteiger partial charge in [-0.15, -0.1) is 0 Å². The topological polar surface area (TPSA) is 75.4 Å². The Kier molecular flexibility index (Phi) is 4.84. The lowest BCUT2D eigenvalue weighted by Crippen LogP contribution is -2.29. The Morgan fingerprint density at radius 1 is 1.25 bits per heavy atom. The fourth-order valence-electron chi connectivity index (χ4n) is 2.69. The zero-order valence-electron chi connectivity index (χ0n) is 13.5. The minimum absolute atomic E-state index is 0.265. The summed E-state index contributed by atoms with van der Waals surface area (Å²) >= 11 is 0. The lowest BCUT2D eigenvalue weighted by Gasteiger charge is -2.17. The van der Waals surface area contributed by atoms with E-state index >= 15 is 0 Å². The highest BCUT2D eigenvalue weighted by atomic mass is 32.2. The van der Waals surface area contributed by atoms with Gasteiger partial charge < -0.3 is 5.11 Å². The summed E-state index contributed by atoms with van der Waals surface area (Å²) in [7, 11) is -3.51. The molecule has 0 amide bonds. The van der Waals surface area contributed by atoms with Crippen LogP contribution in [0.5, 0.6) is 0 Å². The third kappa shape index (κ3) is 3.75.